The van der Waals surface area contributed by atoms with Gasteiger partial charge in [-0.25, -0.2) is 4.68 Å². The Labute approximate surface area is 119 Å². The zero-order chi connectivity index (χ0) is 13.5. The van der Waals surface area contributed by atoms with Gasteiger partial charge in [0, 0.05) is 10.4 Å². The highest BCUT2D eigenvalue weighted by Crippen LogP contribution is 2.21. The van der Waals surface area contributed by atoms with Crippen molar-refractivity contribution in [3.05, 3.63) is 59.8 Å². The molecule has 2 aromatic carbocycles. The molecule has 96 valence electrons. The molecule has 0 aliphatic rings. The maximum Gasteiger partial charge on any atom is 0.115 e. The standard InChI is InChI=1S/C15H9ClN4/c16-11-5-6-15-14(8-11)18-19-20(15)12-7-10-3-1-2-4-13(10)17-9-12/h1-9H. The lowest BCUT2D eigenvalue weighted by Crippen LogP contribution is -1.97. The molecule has 2 aromatic heterocycles. The summed E-state index contributed by atoms with van der Waals surface area (Å²) in [7, 11) is 0. The second kappa shape index (κ2) is 4.28. The van der Waals surface area contributed by atoms with Crippen molar-refractivity contribution >= 4 is 33.5 Å². The first-order chi connectivity index (χ1) is 9.81. The molecule has 0 saturated carbocycles. The van der Waals surface area contributed by atoms with Gasteiger partial charge < -0.3 is 0 Å². The fraction of sp³-hybridized carbons (Fsp3) is 0. The Morgan fingerprint density at radius 3 is 2.80 bits per heavy atom. The van der Waals surface area contributed by atoms with E-state index in [1.165, 1.54) is 0 Å². The lowest BCUT2D eigenvalue weighted by molar-refractivity contribution is 0.822. The molecule has 0 amide bonds. The number of hydrogen-bond acceptors (Lipinski definition) is 3. The van der Waals surface area contributed by atoms with Crippen LogP contribution in [0.15, 0.2) is 54.7 Å². The minimum atomic E-state index is 0.654. The van der Waals surface area contributed by atoms with Crippen LogP contribution >= 0.6 is 11.6 Å². The Kier molecular flexibility index (Phi) is 2.44. The van der Waals surface area contributed by atoms with Crippen molar-refractivity contribution in [3.8, 4) is 5.69 Å². The Balaban J connectivity index is 1.96. The Bertz CT molecular complexity index is 929. The van der Waals surface area contributed by atoms with Crippen molar-refractivity contribution in [2.45, 2.75) is 0 Å². The van der Waals surface area contributed by atoms with Crippen LogP contribution in [0.1, 0.15) is 0 Å². The highest BCUT2D eigenvalue weighted by Gasteiger charge is 2.07. The normalized spacial score (nSPS) is 11.2. The molecule has 0 radical (unpaired) electrons. The van der Waals surface area contributed by atoms with E-state index in [2.05, 4.69) is 15.3 Å². The first kappa shape index (κ1) is 11.4. The quantitative estimate of drug-likeness (QED) is 0.535. The average molecular weight is 281 g/mol. The third-order valence-corrected chi connectivity index (χ3v) is 3.46. The predicted molar refractivity (Wildman–Crippen MR) is 79.2 cm³/mol. The number of benzene rings is 2. The maximum absolute atomic E-state index is 5.96. The van der Waals surface area contributed by atoms with Gasteiger partial charge in [0.2, 0.25) is 0 Å². The summed E-state index contributed by atoms with van der Waals surface area (Å²) in [5.41, 5.74) is 3.52. The van der Waals surface area contributed by atoms with Gasteiger partial charge in [-0.3, -0.25) is 4.98 Å². The van der Waals surface area contributed by atoms with Crippen molar-refractivity contribution in [3.63, 3.8) is 0 Å². The van der Waals surface area contributed by atoms with Crippen LogP contribution in [0.4, 0.5) is 0 Å². The van der Waals surface area contributed by atoms with Crippen molar-refractivity contribution in [1.82, 2.24) is 20.0 Å². The zero-order valence-electron chi connectivity index (χ0n) is 10.4. The Morgan fingerprint density at radius 2 is 1.85 bits per heavy atom. The second-order valence-electron chi connectivity index (χ2n) is 4.52. The van der Waals surface area contributed by atoms with Crippen LogP contribution in [0.2, 0.25) is 5.02 Å². The van der Waals surface area contributed by atoms with Crippen molar-refractivity contribution in [1.29, 1.82) is 0 Å². The predicted octanol–water partition coefficient (Wildman–Crippen LogP) is 3.62. The average Bonchev–Trinajstić information content (AvgIpc) is 2.89. The third kappa shape index (κ3) is 1.73. The summed E-state index contributed by atoms with van der Waals surface area (Å²) in [5, 5.41) is 10.0. The molecule has 4 nitrogen and oxygen atoms in total. The smallest absolute Gasteiger partial charge is 0.115 e. The molecule has 0 aliphatic carbocycles. The lowest BCUT2D eigenvalue weighted by Gasteiger charge is -2.03. The molecule has 4 rings (SSSR count). The van der Waals surface area contributed by atoms with Gasteiger partial charge in [-0.05, 0) is 30.3 Å². The highest BCUT2D eigenvalue weighted by atomic mass is 35.5. The number of aromatic nitrogens is 4. The summed E-state index contributed by atoms with van der Waals surface area (Å²) >= 11 is 5.96. The van der Waals surface area contributed by atoms with E-state index in [1.807, 2.05) is 42.5 Å². The van der Waals surface area contributed by atoms with Crippen molar-refractivity contribution < 1.29 is 0 Å². The minimum absolute atomic E-state index is 0.654. The molecule has 0 spiro atoms. The van der Waals surface area contributed by atoms with Gasteiger partial charge in [0.05, 0.1) is 22.9 Å². The van der Waals surface area contributed by atoms with Gasteiger partial charge in [0.15, 0.2) is 0 Å². The molecule has 0 bridgehead atoms. The minimum Gasteiger partial charge on any atom is -0.254 e. The van der Waals surface area contributed by atoms with E-state index in [9.17, 15) is 0 Å². The number of nitrogens with zero attached hydrogens (tertiary/aromatic N) is 4. The SMILES string of the molecule is Clc1ccc2c(c1)nnn2-c1cnc2ccccc2c1. The number of para-hydroxylation sites is 1. The zero-order valence-corrected chi connectivity index (χ0v) is 11.1. The topological polar surface area (TPSA) is 43.6 Å². The van der Waals surface area contributed by atoms with E-state index in [-0.39, 0.29) is 0 Å². The molecule has 5 heteroatoms. The highest BCUT2D eigenvalue weighted by molar-refractivity contribution is 6.31. The number of halogens is 1. The second-order valence-corrected chi connectivity index (χ2v) is 4.96. The van der Waals surface area contributed by atoms with Crippen LogP contribution in [-0.2, 0) is 0 Å². The number of hydrogen-bond donors (Lipinski definition) is 0. The molecule has 0 fully saturated rings. The third-order valence-electron chi connectivity index (χ3n) is 3.23. The molecular formula is C15H9ClN4. The molecule has 2 heterocycles. The van der Waals surface area contributed by atoms with E-state index < -0.39 is 0 Å². The van der Waals surface area contributed by atoms with E-state index in [0.717, 1.165) is 27.6 Å². The van der Waals surface area contributed by atoms with Crippen LogP contribution in [0.3, 0.4) is 0 Å². The monoisotopic (exact) mass is 280 g/mol. The van der Waals surface area contributed by atoms with Crippen LogP contribution in [0, 0.1) is 0 Å². The Morgan fingerprint density at radius 1 is 0.950 bits per heavy atom. The van der Waals surface area contributed by atoms with Gasteiger partial charge in [0.25, 0.3) is 0 Å². The van der Waals surface area contributed by atoms with Gasteiger partial charge in [0.1, 0.15) is 5.52 Å². The Hall–Kier alpha value is -2.46. The number of rotatable bonds is 1. The van der Waals surface area contributed by atoms with Gasteiger partial charge in [-0.15, -0.1) is 5.10 Å². The molecule has 0 atom stereocenters. The molecular weight excluding hydrogens is 272 g/mol. The molecule has 20 heavy (non-hydrogen) atoms. The van der Waals surface area contributed by atoms with Gasteiger partial charge >= 0.3 is 0 Å². The summed E-state index contributed by atoms with van der Waals surface area (Å²) in [5.74, 6) is 0. The summed E-state index contributed by atoms with van der Waals surface area (Å²) in [6.45, 7) is 0. The number of pyridine rings is 1. The summed E-state index contributed by atoms with van der Waals surface area (Å²) in [6, 6.07) is 15.6. The van der Waals surface area contributed by atoms with Crippen LogP contribution in [0.5, 0.6) is 0 Å². The van der Waals surface area contributed by atoms with E-state index in [1.54, 1.807) is 16.9 Å². The molecule has 4 aromatic rings. The van der Waals surface area contributed by atoms with Gasteiger partial charge in [-0.1, -0.05) is 35.0 Å². The summed E-state index contributed by atoms with van der Waals surface area (Å²) < 4.78 is 1.77. The van der Waals surface area contributed by atoms with Crippen LogP contribution in [-0.4, -0.2) is 20.0 Å². The fourth-order valence-electron chi connectivity index (χ4n) is 2.26. The van der Waals surface area contributed by atoms with E-state index >= 15 is 0 Å². The largest absolute Gasteiger partial charge is 0.254 e. The van der Waals surface area contributed by atoms with E-state index in [4.69, 9.17) is 11.6 Å². The molecule has 0 aliphatic heterocycles. The number of fused-ring (bicyclic) bond motifs is 2. The summed E-state index contributed by atoms with van der Waals surface area (Å²) in [4.78, 5) is 4.45. The fourth-order valence-corrected chi connectivity index (χ4v) is 2.43. The molecule has 0 saturated heterocycles. The molecule has 0 N–H and O–H groups in total. The van der Waals surface area contributed by atoms with Gasteiger partial charge in [-0.2, -0.15) is 0 Å². The maximum atomic E-state index is 5.96. The first-order valence-electron chi connectivity index (χ1n) is 6.17. The summed E-state index contributed by atoms with van der Waals surface area (Å²) in [6.07, 6.45) is 1.80. The van der Waals surface area contributed by atoms with Crippen LogP contribution in [0.25, 0.3) is 27.6 Å². The molecule has 0 unspecified atom stereocenters. The van der Waals surface area contributed by atoms with Crippen LogP contribution < -0.4 is 0 Å². The first-order valence-corrected chi connectivity index (χ1v) is 6.55. The lowest BCUT2D eigenvalue weighted by atomic mass is 10.2. The van der Waals surface area contributed by atoms with Crippen molar-refractivity contribution in [2.24, 2.45) is 0 Å². The van der Waals surface area contributed by atoms with E-state index in [0.29, 0.717) is 5.02 Å². The van der Waals surface area contributed by atoms with Crippen molar-refractivity contribution in [2.75, 3.05) is 0 Å².